The summed E-state index contributed by atoms with van der Waals surface area (Å²) in [7, 11) is 0. The highest BCUT2D eigenvalue weighted by Crippen LogP contribution is 2.48. The van der Waals surface area contributed by atoms with Crippen LogP contribution in [0.15, 0.2) is 58.8 Å². The first kappa shape index (κ1) is 15.6. The first-order chi connectivity index (χ1) is 13.1. The number of hydrazone groups is 1. The fraction of sp³-hybridized carbons (Fsp3) is 0.150. The van der Waals surface area contributed by atoms with Gasteiger partial charge >= 0.3 is 6.03 Å². The quantitative estimate of drug-likeness (QED) is 0.666. The molecule has 7 nitrogen and oxygen atoms in total. The van der Waals surface area contributed by atoms with Crippen molar-refractivity contribution < 1.29 is 14.3 Å². The second-order valence-electron chi connectivity index (χ2n) is 6.77. The van der Waals surface area contributed by atoms with Gasteiger partial charge in [-0.15, -0.1) is 0 Å². The Hall–Kier alpha value is -3.61. The zero-order chi connectivity index (χ0) is 18.6. The Bertz CT molecular complexity index is 1060. The summed E-state index contributed by atoms with van der Waals surface area (Å²) >= 11 is 0. The average Bonchev–Trinajstić information content (AvgIpc) is 3.04. The summed E-state index contributed by atoms with van der Waals surface area (Å²) < 4.78 is 6.56. The molecule has 4 aliphatic rings. The Balaban J connectivity index is 1.62. The van der Waals surface area contributed by atoms with Crippen molar-refractivity contribution in [3.8, 4) is 5.75 Å². The SMILES string of the molecule is NC(=O)NN=C1C=CC23Oc4c(ccc5c4CNC5=O)C=C2C=CC=C3C1. The van der Waals surface area contributed by atoms with Crippen LogP contribution >= 0.6 is 0 Å². The maximum absolute atomic E-state index is 12.0. The summed E-state index contributed by atoms with van der Waals surface area (Å²) in [6.07, 6.45) is 12.4. The molecular weight excluding hydrogens is 344 g/mol. The van der Waals surface area contributed by atoms with Gasteiger partial charge in [0.15, 0.2) is 5.60 Å². The van der Waals surface area contributed by atoms with Crippen molar-refractivity contribution >= 4 is 23.7 Å². The molecule has 1 spiro atoms. The van der Waals surface area contributed by atoms with Gasteiger partial charge in [-0.3, -0.25) is 4.79 Å². The lowest BCUT2D eigenvalue weighted by molar-refractivity contribution is 0.0965. The number of urea groups is 1. The summed E-state index contributed by atoms with van der Waals surface area (Å²) in [4.78, 5) is 22.9. The molecular formula is C20H16N4O3. The lowest BCUT2D eigenvalue weighted by Gasteiger charge is -2.42. The molecule has 0 aromatic heterocycles. The fourth-order valence-electron chi connectivity index (χ4n) is 3.94. The molecule has 2 aliphatic carbocycles. The molecule has 0 fully saturated rings. The van der Waals surface area contributed by atoms with Crippen LogP contribution in [0, 0.1) is 0 Å². The van der Waals surface area contributed by atoms with Crippen molar-refractivity contribution in [3.05, 3.63) is 70.3 Å². The van der Waals surface area contributed by atoms with Gasteiger partial charge in [-0.25, -0.2) is 10.2 Å². The van der Waals surface area contributed by atoms with E-state index in [1.807, 2.05) is 42.5 Å². The third kappa shape index (κ3) is 2.25. The second kappa shape index (κ2) is 5.44. The Kier molecular flexibility index (Phi) is 3.15. The number of nitrogens with one attached hydrogen (secondary N) is 2. The van der Waals surface area contributed by atoms with E-state index in [1.54, 1.807) is 0 Å². The Morgan fingerprint density at radius 2 is 2.22 bits per heavy atom. The molecule has 1 unspecified atom stereocenters. The molecule has 1 aromatic carbocycles. The zero-order valence-corrected chi connectivity index (χ0v) is 14.3. The van der Waals surface area contributed by atoms with Crippen molar-refractivity contribution in [3.63, 3.8) is 0 Å². The van der Waals surface area contributed by atoms with Crippen LogP contribution in [0.4, 0.5) is 4.79 Å². The number of primary amides is 1. The van der Waals surface area contributed by atoms with E-state index in [-0.39, 0.29) is 5.91 Å². The standard InChI is InChI=1S/C20H16N4O3/c21-19(26)24-23-14-6-7-20-12(2-1-3-13(20)9-14)8-11-4-5-15-16(17(11)27-20)10-22-18(15)25/h1-8H,9-10H2,(H,22,25)(H3,21,24,26). The minimum Gasteiger partial charge on any atom is -0.473 e. The number of rotatable bonds is 1. The topological polar surface area (TPSA) is 106 Å². The molecule has 3 amide bonds. The van der Waals surface area contributed by atoms with Gasteiger partial charge in [0.2, 0.25) is 0 Å². The van der Waals surface area contributed by atoms with Crippen molar-refractivity contribution in [2.45, 2.75) is 18.6 Å². The van der Waals surface area contributed by atoms with Gasteiger partial charge in [0.1, 0.15) is 5.75 Å². The number of ether oxygens (including phenoxy) is 1. The number of hydrogen-bond donors (Lipinski definition) is 3. The molecule has 1 atom stereocenters. The lowest BCUT2D eigenvalue weighted by atomic mass is 9.74. The molecule has 1 aromatic rings. The molecule has 4 N–H and O–H groups in total. The first-order valence-corrected chi connectivity index (χ1v) is 8.61. The minimum absolute atomic E-state index is 0.0749. The highest BCUT2D eigenvalue weighted by atomic mass is 16.5. The van der Waals surface area contributed by atoms with Crippen molar-refractivity contribution in [2.24, 2.45) is 10.8 Å². The zero-order valence-electron chi connectivity index (χ0n) is 14.3. The molecule has 2 heterocycles. The van der Waals surface area contributed by atoms with Gasteiger partial charge in [-0.2, -0.15) is 5.10 Å². The highest BCUT2D eigenvalue weighted by Gasteiger charge is 2.44. The monoisotopic (exact) mass is 360 g/mol. The highest BCUT2D eigenvalue weighted by molar-refractivity contribution is 6.01. The van der Waals surface area contributed by atoms with Gasteiger partial charge in [-0.1, -0.05) is 24.3 Å². The first-order valence-electron chi connectivity index (χ1n) is 8.61. The van der Waals surface area contributed by atoms with E-state index in [9.17, 15) is 9.59 Å². The molecule has 5 rings (SSSR count). The smallest absolute Gasteiger partial charge is 0.332 e. The van der Waals surface area contributed by atoms with Gasteiger partial charge in [0, 0.05) is 35.2 Å². The van der Waals surface area contributed by atoms with Crippen molar-refractivity contribution in [1.82, 2.24) is 10.7 Å². The van der Waals surface area contributed by atoms with Crippen LogP contribution in [0.25, 0.3) is 6.08 Å². The van der Waals surface area contributed by atoms with Crippen LogP contribution in [0.1, 0.15) is 27.9 Å². The van der Waals surface area contributed by atoms with Crippen molar-refractivity contribution in [2.75, 3.05) is 0 Å². The number of fused-ring (bicyclic) bond motifs is 3. The van der Waals surface area contributed by atoms with Crippen LogP contribution in [0.3, 0.4) is 0 Å². The molecule has 0 bridgehead atoms. The summed E-state index contributed by atoms with van der Waals surface area (Å²) in [6, 6.07) is 3.06. The van der Waals surface area contributed by atoms with E-state index in [1.165, 1.54) is 0 Å². The Labute approximate surface area is 155 Å². The Morgan fingerprint density at radius 1 is 1.33 bits per heavy atom. The van der Waals surface area contributed by atoms with Crippen LogP contribution in [0.2, 0.25) is 0 Å². The second-order valence-corrected chi connectivity index (χ2v) is 6.77. The van der Waals surface area contributed by atoms with Crippen LogP contribution in [-0.2, 0) is 6.54 Å². The third-order valence-electron chi connectivity index (χ3n) is 5.21. The summed E-state index contributed by atoms with van der Waals surface area (Å²) in [5.41, 5.74) is 11.8. The maximum atomic E-state index is 12.0. The summed E-state index contributed by atoms with van der Waals surface area (Å²) in [5.74, 6) is 0.658. The van der Waals surface area contributed by atoms with Gasteiger partial charge in [0.25, 0.3) is 5.91 Å². The molecule has 0 saturated heterocycles. The molecule has 134 valence electrons. The van der Waals surface area contributed by atoms with Crippen molar-refractivity contribution in [1.29, 1.82) is 0 Å². The summed E-state index contributed by atoms with van der Waals surface area (Å²) in [6.45, 7) is 0.463. The molecule has 0 saturated carbocycles. The van der Waals surface area contributed by atoms with Crippen LogP contribution in [0.5, 0.6) is 5.75 Å². The van der Waals surface area contributed by atoms with E-state index >= 15 is 0 Å². The average molecular weight is 360 g/mol. The number of nitrogens with zero attached hydrogens (tertiary/aromatic N) is 1. The van der Waals surface area contributed by atoms with E-state index in [4.69, 9.17) is 10.5 Å². The van der Waals surface area contributed by atoms with Crippen LogP contribution < -0.4 is 21.2 Å². The van der Waals surface area contributed by atoms with Crippen LogP contribution in [-0.4, -0.2) is 23.3 Å². The number of carbonyl (C=O) groups is 2. The maximum Gasteiger partial charge on any atom is 0.332 e. The Morgan fingerprint density at radius 3 is 3.07 bits per heavy atom. The lowest BCUT2D eigenvalue weighted by Crippen LogP contribution is -2.44. The largest absolute Gasteiger partial charge is 0.473 e. The molecule has 27 heavy (non-hydrogen) atoms. The van der Waals surface area contributed by atoms with Gasteiger partial charge in [-0.05, 0) is 29.9 Å². The molecule has 7 heteroatoms. The van der Waals surface area contributed by atoms with Gasteiger partial charge < -0.3 is 15.8 Å². The number of nitrogens with two attached hydrogens (primary N) is 1. The van der Waals surface area contributed by atoms with E-state index in [0.29, 0.717) is 24.2 Å². The number of amides is 3. The van der Waals surface area contributed by atoms with Gasteiger partial charge in [0.05, 0.1) is 5.71 Å². The number of allylic oxidation sites excluding steroid dienone is 3. The predicted octanol–water partition coefficient (Wildman–Crippen LogP) is 1.93. The third-order valence-corrected chi connectivity index (χ3v) is 5.21. The van der Waals surface area contributed by atoms with E-state index < -0.39 is 11.6 Å². The molecule has 0 radical (unpaired) electrons. The normalized spacial score (nSPS) is 25.3. The van der Waals surface area contributed by atoms with E-state index in [2.05, 4.69) is 21.9 Å². The fourth-order valence-corrected chi connectivity index (χ4v) is 3.94. The summed E-state index contributed by atoms with van der Waals surface area (Å²) in [5, 5.41) is 6.88. The van der Waals surface area contributed by atoms with E-state index in [0.717, 1.165) is 28.0 Å². The number of benzene rings is 1. The number of carbonyl (C=O) groups excluding carboxylic acids is 2. The minimum atomic E-state index is -0.728. The predicted molar refractivity (Wildman–Crippen MR) is 100 cm³/mol. The molecule has 2 aliphatic heterocycles. The number of hydrogen-bond acceptors (Lipinski definition) is 4.